The van der Waals surface area contributed by atoms with Gasteiger partial charge in [0, 0.05) is 12.8 Å². The van der Waals surface area contributed by atoms with Crippen molar-refractivity contribution in [2.24, 2.45) is 5.92 Å². The second-order valence-electron chi connectivity index (χ2n) is 17.0. The molecule has 0 aliphatic heterocycles. The lowest BCUT2D eigenvalue weighted by Gasteiger charge is -2.18. The Balaban J connectivity index is 4.13. The molecule has 2 unspecified atom stereocenters. The fraction of sp³-hybridized carbons (Fsp3) is 0.860. The predicted octanol–water partition coefficient (Wildman–Crippen LogP) is 14.2. The zero-order chi connectivity index (χ0) is 41.9. The molecule has 0 radical (unpaired) electrons. The van der Waals surface area contributed by atoms with Crippen LogP contribution in [0.5, 0.6) is 0 Å². The van der Waals surface area contributed by atoms with Crippen LogP contribution in [0.1, 0.15) is 233 Å². The third-order valence-electron chi connectivity index (χ3n) is 11.0. The van der Waals surface area contributed by atoms with Gasteiger partial charge in [-0.1, -0.05) is 173 Å². The molecule has 334 valence electrons. The Labute approximate surface area is 353 Å². The van der Waals surface area contributed by atoms with Gasteiger partial charge in [0.05, 0.1) is 5.92 Å². The minimum absolute atomic E-state index is 0.0343. The minimum atomic E-state index is -0.102. The van der Waals surface area contributed by atoms with Gasteiger partial charge in [-0.3, -0.25) is 14.4 Å². The summed E-state index contributed by atoms with van der Waals surface area (Å²) in [6, 6.07) is 0. The van der Waals surface area contributed by atoms with Crippen LogP contribution in [0.2, 0.25) is 0 Å². The topological polar surface area (TPSA) is 82.1 Å². The molecule has 0 N–H and O–H groups in total. The number of carbonyl (C=O) groups is 3. The molecule has 0 fully saturated rings. The van der Waals surface area contributed by atoms with Gasteiger partial charge < -0.3 is 19.1 Å². The van der Waals surface area contributed by atoms with Gasteiger partial charge in [0.15, 0.2) is 0 Å². The molecule has 0 bridgehead atoms. The molecule has 0 aromatic heterocycles. The van der Waals surface area contributed by atoms with Gasteiger partial charge in [-0.15, -0.1) is 0 Å². The SMILES string of the molecule is CCCCCCCCCC/C=C\COC(=O)CCCCCCCC(CCCCCCC(C)C(=O)OC/C=C\CCCCCCCCCC)OC(=O)CCCN(C)C. The van der Waals surface area contributed by atoms with Crippen molar-refractivity contribution in [1.29, 1.82) is 0 Å². The van der Waals surface area contributed by atoms with E-state index in [1.165, 1.54) is 103 Å². The molecule has 57 heavy (non-hydrogen) atoms. The van der Waals surface area contributed by atoms with Crippen molar-refractivity contribution < 1.29 is 28.6 Å². The minimum Gasteiger partial charge on any atom is -0.462 e. The number of carbonyl (C=O) groups excluding carboxylic acids is 3. The fourth-order valence-corrected chi connectivity index (χ4v) is 7.16. The van der Waals surface area contributed by atoms with Crippen LogP contribution in [0, 0.1) is 5.92 Å². The Morgan fingerprint density at radius 2 is 0.895 bits per heavy atom. The van der Waals surface area contributed by atoms with Crippen molar-refractivity contribution in [2.45, 2.75) is 239 Å². The van der Waals surface area contributed by atoms with Crippen molar-refractivity contribution in [3.8, 4) is 0 Å². The number of esters is 3. The van der Waals surface area contributed by atoms with Gasteiger partial charge in [-0.2, -0.15) is 0 Å². The van der Waals surface area contributed by atoms with E-state index in [9.17, 15) is 14.4 Å². The fourth-order valence-electron chi connectivity index (χ4n) is 7.16. The normalized spacial score (nSPS) is 12.8. The molecule has 7 heteroatoms. The van der Waals surface area contributed by atoms with Gasteiger partial charge in [0.1, 0.15) is 19.3 Å². The van der Waals surface area contributed by atoms with Crippen LogP contribution in [0.4, 0.5) is 0 Å². The summed E-state index contributed by atoms with van der Waals surface area (Å²) in [6.07, 6.45) is 45.2. The van der Waals surface area contributed by atoms with Crippen molar-refractivity contribution in [1.82, 2.24) is 4.90 Å². The summed E-state index contributed by atoms with van der Waals surface area (Å²) in [5.74, 6) is -0.363. The molecule has 2 atom stereocenters. The lowest BCUT2D eigenvalue weighted by atomic mass is 10.00. The zero-order valence-corrected chi connectivity index (χ0v) is 38.3. The Hall–Kier alpha value is -2.15. The van der Waals surface area contributed by atoms with Crippen LogP contribution in [-0.2, 0) is 28.6 Å². The van der Waals surface area contributed by atoms with Crippen molar-refractivity contribution in [3.63, 3.8) is 0 Å². The van der Waals surface area contributed by atoms with E-state index >= 15 is 0 Å². The number of hydrogen-bond acceptors (Lipinski definition) is 7. The highest BCUT2D eigenvalue weighted by molar-refractivity contribution is 5.72. The van der Waals surface area contributed by atoms with Gasteiger partial charge in [0.25, 0.3) is 0 Å². The third-order valence-corrected chi connectivity index (χ3v) is 11.0. The van der Waals surface area contributed by atoms with Crippen LogP contribution in [0.15, 0.2) is 24.3 Å². The van der Waals surface area contributed by atoms with E-state index in [0.29, 0.717) is 26.1 Å². The van der Waals surface area contributed by atoms with E-state index < -0.39 is 0 Å². The van der Waals surface area contributed by atoms with Crippen LogP contribution in [0.25, 0.3) is 0 Å². The summed E-state index contributed by atoms with van der Waals surface area (Å²) >= 11 is 0. The van der Waals surface area contributed by atoms with Crippen molar-refractivity contribution in [2.75, 3.05) is 33.9 Å². The Kier molecular flexibility index (Phi) is 41.8. The molecular formula is C50H93NO6. The van der Waals surface area contributed by atoms with Crippen molar-refractivity contribution in [3.05, 3.63) is 24.3 Å². The number of rotatable bonds is 43. The maximum absolute atomic E-state index is 12.6. The molecule has 7 nitrogen and oxygen atoms in total. The zero-order valence-electron chi connectivity index (χ0n) is 38.3. The first-order valence-electron chi connectivity index (χ1n) is 24.3. The molecule has 0 aromatic carbocycles. The maximum atomic E-state index is 12.6. The highest BCUT2D eigenvalue weighted by atomic mass is 16.5. The molecule has 0 aliphatic rings. The quantitative estimate of drug-likeness (QED) is 0.0263. The average Bonchev–Trinajstić information content (AvgIpc) is 3.19. The molecule has 0 saturated heterocycles. The van der Waals surface area contributed by atoms with Gasteiger partial charge in [-0.05, 0) is 91.3 Å². The predicted molar refractivity (Wildman–Crippen MR) is 242 cm³/mol. The average molecular weight is 804 g/mol. The Morgan fingerprint density at radius 3 is 1.40 bits per heavy atom. The largest absolute Gasteiger partial charge is 0.462 e. The summed E-state index contributed by atoms with van der Waals surface area (Å²) in [5, 5.41) is 0. The molecule has 0 spiro atoms. The second kappa shape index (κ2) is 43.4. The molecule has 0 aromatic rings. The number of nitrogens with zero attached hydrogens (tertiary/aromatic N) is 1. The third kappa shape index (κ3) is 41.8. The van der Waals surface area contributed by atoms with Gasteiger partial charge in [-0.25, -0.2) is 0 Å². The molecule has 0 rings (SSSR count). The van der Waals surface area contributed by atoms with Crippen LogP contribution < -0.4 is 0 Å². The number of hydrogen-bond donors (Lipinski definition) is 0. The van der Waals surface area contributed by atoms with E-state index in [4.69, 9.17) is 14.2 Å². The van der Waals surface area contributed by atoms with E-state index in [2.05, 4.69) is 30.9 Å². The second-order valence-corrected chi connectivity index (χ2v) is 17.0. The highest BCUT2D eigenvalue weighted by Gasteiger charge is 2.16. The first-order chi connectivity index (χ1) is 27.8. The maximum Gasteiger partial charge on any atom is 0.308 e. The molecule has 0 heterocycles. The standard InChI is InChI=1S/C50H93NO6/c1-6-8-10-12-14-16-18-20-22-29-35-44-55-48(52)41-34-26-24-25-32-39-47(57-49(53)42-37-43-51(4)5)40-33-28-27-31-38-46(3)50(54)56-45-36-30-23-21-19-17-15-13-11-9-7-2/h29-30,35-36,46-47H,6-28,31-34,37-45H2,1-5H3/b35-29-,36-30-. The van der Waals surface area contributed by atoms with Crippen LogP contribution in [0.3, 0.4) is 0 Å². The summed E-state index contributed by atoms with van der Waals surface area (Å²) in [7, 11) is 4.05. The van der Waals surface area contributed by atoms with Crippen LogP contribution in [-0.4, -0.2) is 62.8 Å². The number of allylic oxidation sites excluding steroid dienone is 2. The van der Waals surface area contributed by atoms with E-state index in [1.54, 1.807) is 0 Å². The smallest absolute Gasteiger partial charge is 0.308 e. The first kappa shape index (κ1) is 54.9. The lowest BCUT2D eigenvalue weighted by molar-refractivity contribution is -0.150. The molecule has 0 amide bonds. The van der Waals surface area contributed by atoms with E-state index in [0.717, 1.165) is 103 Å². The summed E-state index contributed by atoms with van der Waals surface area (Å²) in [6.45, 7) is 8.13. The molecular weight excluding hydrogens is 711 g/mol. The number of unbranched alkanes of at least 4 members (excludes halogenated alkanes) is 23. The van der Waals surface area contributed by atoms with Crippen LogP contribution >= 0.6 is 0 Å². The van der Waals surface area contributed by atoms with Gasteiger partial charge in [0.2, 0.25) is 0 Å². The Bertz CT molecular complexity index is 962. The number of ether oxygens (including phenoxy) is 3. The van der Waals surface area contributed by atoms with E-state index in [-0.39, 0.29) is 29.9 Å². The first-order valence-corrected chi connectivity index (χ1v) is 24.3. The van der Waals surface area contributed by atoms with Crippen molar-refractivity contribution >= 4 is 17.9 Å². The lowest BCUT2D eigenvalue weighted by Crippen LogP contribution is -2.20. The molecule has 0 saturated carbocycles. The van der Waals surface area contributed by atoms with E-state index in [1.807, 2.05) is 33.2 Å². The summed E-state index contributed by atoms with van der Waals surface area (Å²) in [5.41, 5.74) is 0. The van der Waals surface area contributed by atoms with Gasteiger partial charge >= 0.3 is 17.9 Å². The summed E-state index contributed by atoms with van der Waals surface area (Å²) < 4.78 is 16.9. The summed E-state index contributed by atoms with van der Waals surface area (Å²) in [4.78, 5) is 39.3. The monoisotopic (exact) mass is 804 g/mol. The molecule has 0 aliphatic carbocycles. The highest BCUT2D eigenvalue weighted by Crippen LogP contribution is 2.19. The Morgan fingerprint density at radius 1 is 0.474 bits per heavy atom.